The Morgan fingerprint density at radius 2 is 1.63 bits per heavy atom. The third-order valence-electron chi connectivity index (χ3n) is 6.08. The molecule has 0 spiro atoms. The number of benzene rings is 4. The Morgan fingerprint density at radius 3 is 2.37 bits per heavy atom. The summed E-state index contributed by atoms with van der Waals surface area (Å²) in [5, 5.41) is 16.7. The predicted molar refractivity (Wildman–Crippen MR) is 137 cm³/mol. The summed E-state index contributed by atoms with van der Waals surface area (Å²) in [6.07, 6.45) is 0.258. The van der Waals surface area contributed by atoms with Crippen LogP contribution in [0.4, 0.5) is 15.8 Å². The van der Waals surface area contributed by atoms with Crippen molar-refractivity contribution in [3.63, 3.8) is 0 Å². The summed E-state index contributed by atoms with van der Waals surface area (Å²) < 4.78 is 14.3. The summed E-state index contributed by atoms with van der Waals surface area (Å²) in [4.78, 5) is 24.4. The molecule has 178 valence electrons. The van der Waals surface area contributed by atoms with Crippen molar-refractivity contribution >= 4 is 34.0 Å². The van der Waals surface area contributed by atoms with Crippen LogP contribution in [0.3, 0.4) is 0 Å². The second-order valence-electron chi connectivity index (χ2n) is 8.50. The minimum Gasteiger partial charge on any atom is -0.481 e. The van der Waals surface area contributed by atoms with Crippen LogP contribution in [0, 0.1) is 5.82 Å². The molecule has 0 saturated carbocycles. The van der Waals surface area contributed by atoms with Gasteiger partial charge in [0.05, 0.1) is 5.92 Å². The minimum absolute atomic E-state index is 0.0391. The zero-order valence-electron chi connectivity index (χ0n) is 19.4. The van der Waals surface area contributed by atoms with Gasteiger partial charge in [0.1, 0.15) is 5.82 Å². The summed E-state index contributed by atoms with van der Waals surface area (Å²) >= 11 is 0. The fourth-order valence-corrected chi connectivity index (χ4v) is 4.12. The third-order valence-corrected chi connectivity index (χ3v) is 6.08. The van der Waals surface area contributed by atoms with Gasteiger partial charge in [0.25, 0.3) is 0 Å². The summed E-state index contributed by atoms with van der Waals surface area (Å²) in [7, 11) is 0. The van der Waals surface area contributed by atoms with Crippen molar-refractivity contribution in [2.45, 2.75) is 32.2 Å². The van der Waals surface area contributed by atoms with E-state index in [1.165, 1.54) is 6.07 Å². The van der Waals surface area contributed by atoms with E-state index in [0.29, 0.717) is 29.4 Å². The lowest BCUT2D eigenvalue weighted by Gasteiger charge is -2.18. The molecule has 4 rings (SSSR count). The first-order chi connectivity index (χ1) is 16.9. The molecular weight excluding hydrogens is 443 g/mol. The number of hydrogen-bond acceptors (Lipinski definition) is 3. The Labute approximate surface area is 203 Å². The highest BCUT2D eigenvalue weighted by molar-refractivity contribution is 6.00. The number of aryl methyl sites for hydroxylation is 1. The summed E-state index contributed by atoms with van der Waals surface area (Å²) in [5.74, 6) is -2.01. The first kappa shape index (κ1) is 24.0. The molecule has 0 radical (unpaired) electrons. The number of carbonyl (C=O) groups excluding carboxylic acids is 1. The van der Waals surface area contributed by atoms with Crippen molar-refractivity contribution in [1.82, 2.24) is 0 Å². The Hall–Kier alpha value is -4.19. The molecule has 3 N–H and O–H groups in total. The molecule has 6 heteroatoms. The smallest absolute Gasteiger partial charge is 0.303 e. The number of anilines is 2. The molecule has 0 saturated heterocycles. The van der Waals surface area contributed by atoms with Crippen molar-refractivity contribution in [2.24, 2.45) is 0 Å². The van der Waals surface area contributed by atoms with Crippen LogP contribution in [0.5, 0.6) is 0 Å². The van der Waals surface area contributed by atoms with Gasteiger partial charge in [-0.25, -0.2) is 4.39 Å². The highest BCUT2D eigenvalue weighted by Gasteiger charge is 2.20. The lowest BCUT2D eigenvalue weighted by Crippen LogP contribution is -2.20. The second-order valence-corrected chi connectivity index (χ2v) is 8.50. The number of carboxylic acids is 1. The molecule has 4 aromatic rings. The zero-order chi connectivity index (χ0) is 24.8. The topological polar surface area (TPSA) is 78.4 Å². The highest BCUT2D eigenvalue weighted by atomic mass is 19.1. The molecule has 0 aliphatic carbocycles. The van der Waals surface area contributed by atoms with Gasteiger partial charge in [0.15, 0.2) is 0 Å². The summed E-state index contributed by atoms with van der Waals surface area (Å²) in [6.45, 7) is 2.33. The van der Waals surface area contributed by atoms with Gasteiger partial charge in [-0.1, -0.05) is 60.7 Å². The number of halogens is 1. The van der Waals surface area contributed by atoms with Crippen LogP contribution < -0.4 is 10.6 Å². The van der Waals surface area contributed by atoms with E-state index in [9.17, 15) is 14.0 Å². The van der Waals surface area contributed by atoms with Crippen molar-refractivity contribution in [2.75, 3.05) is 10.6 Å². The Morgan fingerprint density at radius 1 is 0.914 bits per heavy atom. The van der Waals surface area contributed by atoms with E-state index < -0.39 is 11.9 Å². The fraction of sp³-hybridized carbons (Fsp3) is 0.172. The summed E-state index contributed by atoms with van der Waals surface area (Å²) in [6, 6.07) is 25.6. The van der Waals surface area contributed by atoms with Crippen LogP contribution in [0.15, 0.2) is 84.9 Å². The van der Waals surface area contributed by atoms with Crippen molar-refractivity contribution in [3.8, 4) is 0 Å². The van der Waals surface area contributed by atoms with Crippen molar-refractivity contribution in [1.29, 1.82) is 0 Å². The second kappa shape index (κ2) is 10.8. The number of hydrogen-bond donors (Lipinski definition) is 3. The number of rotatable bonds is 9. The normalized spacial score (nSPS) is 11.7. The molecule has 0 aromatic heterocycles. The molecule has 4 aromatic carbocycles. The quantitative estimate of drug-likeness (QED) is 0.266. The first-order valence-electron chi connectivity index (χ1n) is 11.5. The largest absolute Gasteiger partial charge is 0.481 e. The highest BCUT2D eigenvalue weighted by Crippen LogP contribution is 2.29. The van der Waals surface area contributed by atoms with Crippen molar-refractivity contribution in [3.05, 3.63) is 107 Å². The maximum absolute atomic E-state index is 14.3. The van der Waals surface area contributed by atoms with E-state index >= 15 is 0 Å². The Kier molecular flexibility index (Phi) is 7.41. The van der Waals surface area contributed by atoms with Gasteiger partial charge in [0, 0.05) is 29.7 Å². The molecule has 5 nitrogen and oxygen atoms in total. The van der Waals surface area contributed by atoms with Crippen LogP contribution in [-0.4, -0.2) is 17.0 Å². The lowest BCUT2D eigenvalue weighted by molar-refractivity contribution is -0.137. The van der Waals surface area contributed by atoms with Gasteiger partial charge in [-0.05, 0) is 59.7 Å². The van der Waals surface area contributed by atoms with Crippen LogP contribution in [0.25, 0.3) is 10.8 Å². The number of aliphatic carboxylic acids is 1. The lowest BCUT2D eigenvalue weighted by atomic mass is 9.93. The van der Waals surface area contributed by atoms with E-state index in [-0.39, 0.29) is 18.1 Å². The van der Waals surface area contributed by atoms with E-state index in [4.69, 9.17) is 5.11 Å². The molecule has 1 atom stereocenters. The van der Waals surface area contributed by atoms with E-state index in [2.05, 4.69) is 10.6 Å². The Balaban J connectivity index is 1.58. The van der Waals surface area contributed by atoms with E-state index in [1.807, 2.05) is 60.7 Å². The molecule has 0 bridgehead atoms. The molecule has 0 aliphatic heterocycles. The van der Waals surface area contributed by atoms with Gasteiger partial charge < -0.3 is 15.7 Å². The van der Waals surface area contributed by atoms with Crippen LogP contribution in [0.2, 0.25) is 0 Å². The fourth-order valence-electron chi connectivity index (χ4n) is 4.12. The standard InChI is InChI=1S/C29H27FN2O3/c1-19(23-14-15-26(30)25-10-6-5-9-24(23)25)29(35)32-27-17-20(11-12-21(27)13-16-28(33)34)18-31-22-7-3-2-4-8-22/h2-12,14-15,17,19,31H,13,16,18H2,1H3,(H,32,35)(H,33,34). The number of carbonyl (C=O) groups is 2. The number of para-hydroxylation sites is 1. The van der Waals surface area contributed by atoms with E-state index in [1.54, 1.807) is 25.1 Å². The molecule has 35 heavy (non-hydrogen) atoms. The van der Waals surface area contributed by atoms with Crippen LogP contribution >= 0.6 is 0 Å². The molecule has 0 heterocycles. The zero-order valence-corrected chi connectivity index (χ0v) is 19.4. The number of carboxylic acid groups (broad SMARTS) is 1. The molecular formula is C29H27FN2O3. The van der Waals surface area contributed by atoms with Crippen molar-refractivity contribution < 1.29 is 19.1 Å². The van der Waals surface area contributed by atoms with Gasteiger partial charge in [-0.15, -0.1) is 0 Å². The van der Waals surface area contributed by atoms with Gasteiger partial charge >= 0.3 is 5.97 Å². The first-order valence-corrected chi connectivity index (χ1v) is 11.5. The molecule has 0 fully saturated rings. The number of fused-ring (bicyclic) bond motifs is 1. The average molecular weight is 471 g/mol. The van der Waals surface area contributed by atoms with Crippen LogP contribution in [-0.2, 0) is 22.6 Å². The van der Waals surface area contributed by atoms with Crippen LogP contribution in [0.1, 0.15) is 36.0 Å². The maximum atomic E-state index is 14.3. The van der Waals surface area contributed by atoms with Gasteiger partial charge in [0.2, 0.25) is 5.91 Å². The predicted octanol–water partition coefficient (Wildman–Crippen LogP) is 6.35. The number of nitrogens with one attached hydrogen (secondary N) is 2. The Bertz CT molecular complexity index is 1350. The SMILES string of the molecule is CC(C(=O)Nc1cc(CNc2ccccc2)ccc1CCC(=O)O)c1ccc(F)c2ccccc12. The van der Waals surface area contributed by atoms with E-state index in [0.717, 1.165) is 22.4 Å². The molecule has 1 unspecified atom stereocenters. The monoisotopic (exact) mass is 470 g/mol. The number of amides is 1. The minimum atomic E-state index is -0.900. The maximum Gasteiger partial charge on any atom is 0.303 e. The summed E-state index contributed by atoms with van der Waals surface area (Å²) in [5.41, 5.74) is 3.99. The average Bonchev–Trinajstić information content (AvgIpc) is 2.87. The van der Waals surface area contributed by atoms with Gasteiger partial charge in [-0.3, -0.25) is 9.59 Å². The third kappa shape index (κ3) is 5.84. The molecule has 1 amide bonds. The van der Waals surface area contributed by atoms with Gasteiger partial charge in [-0.2, -0.15) is 0 Å². The molecule has 0 aliphatic rings.